The van der Waals surface area contributed by atoms with Crippen molar-refractivity contribution < 1.29 is 19.4 Å². The maximum atomic E-state index is 12.6. The summed E-state index contributed by atoms with van der Waals surface area (Å²) in [5.41, 5.74) is 1.59. The minimum absolute atomic E-state index is 0.0358. The van der Waals surface area contributed by atoms with Crippen LogP contribution in [0.25, 0.3) is 0 Å². The first kappa shape index (κ1) is 17.3. The lowest BCUT2D eigenvalue weighted by molar-refractivity contribution is -0.144. The van der Waals surface area contributed by atoms with Gasteiger partial charge in [-0.15, -0.1) is 0 Å². The third-order valence-electron chi connectivity index (χ3n) is 4.37. The Morgan fingerprint density at radius 2 is 1.91 bits per heavy atom. The van der Waals surface area contributed by atoms with Gasteiger partial charge in [0.25, 0.3) is 5.91 Å². The molecule has 1 fully saturated rings. The maximum Gasteiger partial charge on any atom is 0.320 e. The number of hydrogen-bond acceptors (Lipinski definition) is 4. The molecule has 1 N–H and O–H groups in total. The van der Waals surface area contributed by atoms with Crippen molar-refractivity contribution in [3.63, 3.8) is 0 Å². The molecule has 1 aromatic carbocycles. The summed E-state index contributed by atoms with van der Waals surface area (Å²) >= 11 is 0. The highest BCUT2D eigenvalue weighted by Crippen LogP contribution is 2.21. The van der Waals surface area contributed by atoms with Crippen molar-refractivity contribution in [3.8, 4) is 5.75 Å². The van der Waals surface area contributed by atoms with Crippen molar-refractivity contribution in [2.24, 2.45) is 0 Å². The predicted octanol–water partition coefficient (Wildman–Crippen LogP) is 1.62. The predicted molar refractivity (Wildman–Crippen MR) is 86.9 cm³/mol. The standard InChI is InChI=1S/C17H24N2O4/c1-4-14(17(21)22)18-7-9-19(10-8-18)16(20)13-6-5-12(2)15(11-13)23-3/h5-6,11,14H,4,7-10H2,1-3H3,(H,21,22)/t14-/m0/s1. The van der Waals surface area contributed by atoms with E-state index in [4.69, 9.17) is 4.74 Å². The number of carboxylic acid groups (broad SMARTS) is 1. The van der Waals surface area contributed by atoms with Crippen LogP contribution in [0.3, 0.4) is 0 Å². The number of nitrogens with zero attached hydrogens (tertiary/aromatic N) is 2. The summed E-state index contributed by atoms with van der Waals surface area (Å²) in [5.74, 6) is -0.131. The average molecular weight is 320 g/mol. The van der Waals surface area contributed by atoms with Gasteiger partial charge >= 0.3 is 5.97 Å². The molecule has 23 heavy (non-hydrogen) atoms. The number of methoxy groups -OCH3 is 1. The molecular weight excluding hydrogens is 296 g/mol. The zero-order valence-electron chi connectivity index (χ0n) is 13.9. The number of rotatable bonds is 5. The molecule has 126 valence electrons. The molecule has 0 spiro atoms. The summed E-state index contributed by atoms with van der Waals surface area (Å²) in [4.78, 5) is 27.5. The number of hydrogen-bond donors (Lipinski definition) is 1. The molecule has 1 aromatic rings. The molecule has 6 heteroatoms. The zero-order chi connectivity index (χ0) is 17.0. The zero-order valence-corrected chi connectivity index (χ0v) is 13.9. The number of amides is 1. The Hall–Kier alpha value is -2.08. The third-order valence-corrected chi connectivity index (χ3v) is 4.37. The first-order valence-electron chi connectivity index (χ1n) is 7.88. The van der Waals surface area contributed by atoms with Crippen molar-refractivity contribution in [2.45, 2.75) is 26.3 Å². The van der Waals surface area contributed by atoms with Crippen molar-refractivity contribution in [3.05, 3.63) is 29.3 Å². The van der Waals surface area contributed by atoms with Crippen molar-refractivity contribution in [1.82, 2.24) is 9.80 Å². The van der Waals surface area contributed by atoms with Crippen LogP contribution >= 0.6 is 0 Å². The summed E-state index contributed by atoms with van der Waals surface area (Å²) < 4.78 is 5.27. The lowest BCUT2D eigenvalue weighted by Gasteiger charge is -2.37. The number of aryl methyl sites for hydroxylation is 1. The topological polar surface area (TPSA) is 70.1 Å². The van der Waals surface area contributed by atoms with Crippen molar-refractivity contribution >= 4 is 11.9 Å². The first-order chi connectivity index (χ1) is 11.0. The van der Waals surface area contributed by atoms with Crippen LogP contribution in [-0.4, -0.2) is 66.1 Å². The number of carbonyl (C=O) groups is 2. The second-order valence-corrected chi connectivity index (χ2v) is 5.77. The van der Waals surface area contributed by atoms with Crippen molar-refractivity contribution in [2.75, 3.05) is 33.3 Å². The second-order valence-electron chi connectivity index (χ2n) is 5.77. The second kappa shape index (κ2) is 7.46. The van der Waals surface area contributed by atoms with E-state index >= 15 is 0 Å². The van der Waals surface area contributed by atoms with Crippen LogP contribution in [0.15, 0.2) is 18.2 Å². The van der Waals surface area contributed by atoms with Crippen LogP contribution in [0.5, 0.6) is 5.75 Å². The van der Waals surface area contributed by atoms with Gasteiger partial charge in [-0.2, -0.15) is 0 Å². The first-order valence-corrected chi connectivity index (χ1v) is 7.88. The van der Waals surface area contributed by atoms with Gasteiger partial charge < -0.3 is 14.7 Å². The van der Waals surface area contributed by atoms with Gasteiger partial charge in [-0.05, 0) is 31.0 Å². The van der Waals surface area contributed by atoms with Gasteiger partial charge in [-0.25, -0.2) is 0 Å². The molecular formula is C17H24N2O4. The Morgan fingerprint density at radius 3 is 2.43 bits per heavy atom. The number of carboxylic acids is 1. The van der Waals surface area contributed by atoms with E-state index < -0.39 is 12.0 Å². The van der Waals surface area contributed by atoms with Gasteiger partial charge in [0.05, 0.1) is 7.11 Å². The van der Waals surface area contributed by atoms with E-state index in [1.807, 2.05) is 24.8 Å². The Morgan fingerprint density at radius 1 is 1.26 bits per heavy atom. The summed E-state index contributed by atoms with van der Waals surface area (Å²) in [5, 5.41) is 9.23. The third kappa shape index (κ3) is 3.82. The molecule has 0 aromatic heterocycles. The van der Waals surface area contributed by atoms with E-state index in [1.165, 1.54) is 0 Å². The molecule has 0 bridgehead atoms. The molecule has 1 aliphatic heterocycles. The number of piperazine rings is 1. The van der Waals surface area contributed by atoms with E-state index in [0.29, 0.717) is 43.9 Å². The van der Waals surface area contributed by atoms with E-state index in [1.54, 1.807) is 24.1 Å². The van der Waals surface area contributed by atoms with Gasteiger partial charge in [0.15, 0.2) is 0 Å². The van der Waals surface area contributed by atoms with Crippen LogP contribution < -0.4 is 4.74 Å². The van der Waals surface area contributed by atoms with Gasteiger partial charge in [-0.3, -0.25) is 14.5 Å². The fraction of sp³-hybridized carbons (Fsp3) is 0.529. The number of ether oxygens (including phenoxy) is 1. The van der Waals surface area contributed by atoms with E-state index in [2.05, 4.69) is 0 Å². The van der Waals surface area contributed by atoms with E-state index in [9.17, 15) is 14.7 Å². The normalized spacial score (nSPS) is 16.9. The SMILES string of the molecule is CC[C@@H](C(=O)O)N1CCN(C(=O)c2ccc(C)c(OC)c2)CC1. The smallest absolute Gasteiger partial charge is 0.320 e. The Labute approximate surface area is 136 Å². The molecule has 0 radical (unpaired) electrons. The molecule has 0 unspecified atom stereocenters. The Kier molecular flexibility index (Phi) is 5.60. The quantitative estimate of drug-likeness (QED) is 0.893. The Bertz CT molecular complexity index is 580. The fourth-order valence-electron chi connectivity index (χ4n) is 2.96. The number of benzene rings is 1. The molecule has 1 heterocycles. The van der Waals surface area contributed by atoms with Crippen molar-refractivity contribution in [1.29, 1.82) is 0 Å². The molecule has 1 amide bonds. The molecule has 1 saturated heterocycles. The highest BCUT2D eigenvalue weighted by Gasteiger charge is 2.29. The molecule has 6 nitrogen and oxygen atoms in total. The highest BCUT2D eigenvalue weighted by molar-refractivity contribution is 5.94. The number of aliphatic carboxylic acids is 1. The van der Waals surface area contributed by atoms with Gasteiger partial charge in [0, 0.05) is 31.7 Å². The summed E-state index contributed by atoms with van der Waals surface area (Å²) in [6, 6.07) is 4.97. The Balaban J connectivity index is 2.02. The summed E-state index contributed by atoms with van der Waals surface area (Å²) in [7, 11) is 1.59. The van der Waals surface area contributed by atoms with Gasteiger partial charge in [-0.1, -0.05) is 13.0 Å². The average Bonchev–Trinajstić information content (AvgIpc) is 2.55. The maximum absolute atomic E-state index is 12.6. The van der Waals surface area contributed by atoms with Crippen LogP contribution in [0.4, 0.5) is 0 Å². The molecule has 0 aliphatic carbocycles. The lowest BCUT2D eigenvalue weighted by atomic mass is 10.1. The minimum Gasteiger partial charge on any atom is -0.496 e. The molecule has 0 saturated carbocycles. The number of carbonyl (C=O) groups excluding carboxylic acids is 1. The van der Waals surface area contributed by atoms with Gasteiger partial charge in [0.1, 0.15) is 11.8 Å². The molecule has 1 aliphatic rings. The minimum atomic E-state index is -0.796. The van der Waals surface area contributed by atoms with Crippen LogP contribution in [0.2, 0.25) is 0 Å². The van der Waals surface area contributed by atoms with Crippen LogP contribution in [0, 0.1) is 6.92 Å². The van der Waals surface area contributed by atoms with E-state index in [0.717, 1.165) is 5.56 Å². The van der Waals surface area contributed by atoms with Crippen LogP contribution in [-0.2, 0) is 4.79 Å². The lowest BCUT2D eigenvalue weighted by Crippen LogP contribution is -2.53. The fourth-order valence-corrected chi connectivity index (χ4v) is 2.96. The molecule has 1 atom stereocenters. The van der Waals surface area contributed by atoms with Crippen LogP contribution in [0.1, 0.15) is 29.3 Å². The van der Waals surface area contributed by atoms with E-state index in [-0.39, 0.29) is 5.91 Å². The molecule has 2 rings (SSSR count). The summed E-state index contributed by atoms with van der Waals surface area (Å²) in [6.07, 6.45) is 0.568. The summed E-state index contributed by atoms with van der Waals surface area (Å²) in [6.45, 7) is 6.05. The monoisotopic (exact) mass is 320 g/mol. The van der Waals surface area contributed by atoms with Gasteiger partial charge in [0.2, 0.25) is 0 Å². The largest absolute Gasteiger partial charge is 0.496 e. The highest BCUT2D eigenvalue weighted by atomic mass is 16.5.